The summed E-state index contributed by atoms with van der Waals surface area (Å²) >= 11 is 0. The summed E-state index contributed by atoms with van der Waals surface area (Å²) in [5.74, 6) is -2.89. The normalized spacial score (nSPS) is 13.2. The summed E-state index contributed by atoms with van der Waals surface area (Å²) in [6.45, 7) is 3.14. The molecule has 0 aliphatic rings. The minimum atomic E-state index is -3.46. The van der Waals surface area contributed by atoms with Gasteiger partial charge in [0.25, 0.3) is 6.43 Å². The number of benzene rings is 2. The summed E-state index contributed by atoms with van der Waals surface area (Å²) < 4.78 is 62.0. The monoisotopic (exact) mass is 439 g/mol. The second-order valence-corrected chi connectivity index (χ2v) is 7.79. The molecule has 0 aliphatic carbocycles. The van der Waals surface area contributed by atoms with Crippen molar-refractivity contribution in [1.29, 1.82) is 0 Å². The fourth-order valence-electron chi connectivity index (χ4n) is 4.00. The first-order valence-corrected chi connectivity index (χ1v) is 9.32. The summed E-state index contributed by atoms with van der Waals surface area (Å²) in [5, 5.41) is 20.1. The molecule has 0 spiro atoms. The van der Waals surface area contributed by atoms with E-state index >= 15 is 0 Å². The van der Waals surface area contributed by atoms with E-state index in [1.54, 1.807) is 13.8 Å². The van der Waals surface area contributed by atoms with Gasteiger partial charge in [-0.25, -0.2) is 22.4 Å². The average Bonchev–Trinajstić information content (AvgIpc) is 3.03. The van der Waals surface area contributed by atoms with Crippen LogP contribution in [0, 0.1) is 5.82 Å². The molecule has 2 aromatic carbocycles. The number of phenolic OH excluding ortho intramolecular Hbond substituents is 1. The van der Waals surface area contributed by atoms with Gasteiger partial charge in [0.1, 0.15) is 11.6 Å². The van der Waals surface area contributed by atoms with Crippen LogP contribution >= 0.6 is 0 Å². The Morgan fingerprint density at radius 1 is 1.19 bits per heavy atom. The van der Waals surface area contributed by atoms with Gasteiger partial charge in [0.2, 0.25) is 6.30 Å². The van der Waals surface area contributed by atoms with Gasteiger partial charge in [-0.15, -0.1) is 0 Å². The van der Waals surface area contributed by atoms with Gasteiger partial charge in [0, 0.05) is 35.2 Å². The molecule has 31 heavy (non-hydrogen) atoms. The lowest BCUT2D eigenvalue weighted by Gasteiger charge is -2.29. The molecule has 0 amide bonds. The molecule has 1 unspecified atom stereocenters. The molecule has 3 rings (SSSR count). The largest absolute Gasteiger partial charge is 0.507 e. The highest BCUT2D eigenvalue weighted by molar-refractivity contribution is 6.07. The molecule has 5 nitrogen and oxygen atoms in total. The molecule has 0 saturated heterocycles. The van der Waals surface area contributed by atoms with Gasteiger partial charge < -0.3 is 19.5 Å². The highest BCUT2D eigenvalue weighted by atomic mass is 19.3. The number of ether oxygens (including phenoxy) is 1. The molecule has 1 heterocycles. The number of aromatic hydroxyl groups is 1. The van der Waals surface area contributed by atoms with Crippen molar-refractivity contribution in [3.8, 4) is 16.9 Å². The number of halogens is 4. The Bertz CT molecular complexity index is 1140. The molecule has 3 aromatic rings. The second-order valence-electron chi connectivity index (χ2n) is 7.79. The number of rotatable bonds is 7. The first-order valence-electron chi connectivity index (χ1n) is 9.32. The molecule has 2 N–H and O–H groups in total. The standard InChI is InChI=1S/C22H21F4NO4/c1-22(2,10-31-3)18-16(12-6-4-5-7-13(12)21(29)30)17-14(8-11(23)9-15(17)28)27(18)20(26)19(24)25/h4-9,19-20,28H,10H2,1-3H3,(H,29,30). The molecule has 0 saturated carbocycles. The van der Waals surface area contributed by atoms with Crippen LogP contribution in [0.3, 0.4) is 0 Å². The molecule has 166 valence electrons. The zero-order chi connectivity index (χ0) is 23.1. The van der Waals surface area contributed by atoms with Gasteiger partial charge in [-0.1, -0.05) is 32.0 Å². The van der Waals surface area contributed by atoms with Crippen molar-refractivity contribution >= 4 is 16.9 Å². The third-order valence-corrected chi connectivity index (χ3v) is 5.08. The lowest BCUT2D eigenvalue weighted by molar-refractivity contribution is 0.00646. The van der Waals surface area contributed by atoms with Gasteiger partial charge in [0.15, 0.2) is 0 Å². The van der Waals surface area contributed by atoms with Gasteiger partial charge >= 0.3 is 5.97 Å². The minimum Gasteiger partial charge on any atom is -0.507 e. The fourth-order valence-corrected chi connectivity index (χ4v) is 4.00. The first-order chi connectivity index (χ1) is 14.5. The van der Waals surface area contributed by atoms with E-state index in [-0.39, 0.29) is 39.9 Å². The van der Waals surface area contributed by atoms with E-state index in [0.29, 0.717) is 4.57 Å². The number of carboxylic acids is 1. The summed E-state index contributed by atoms with van der Waals surface area (Å²) in [7, 11) is 1.37. The zero-order valence-corrected chi connectivity index (χ0v) is 17.0. The molecule has 9 heteroatoms. The quantitative estimate of drug-likeness (QED) is 0.477. The van der Waals surface area contributed by atoms with Crippen molar-refractivity contribution in [2.45, 2.75) is 32.0 Å². The molecular formula is C22H21F4NO4. The maximum atomic E-state index is 14.9. The van der Waals surface area contributed by atoms with Crippen LogP contribution in [0.25, 0.3) is 22.0 Å². The Morgan fingerprint density at radius 3 is 2.42 bits per heavy atom. The summed E-state index contributed by atoms with van der Waals surface area (Å²) in [5.41, 5.74) is -1.59. The maximum absolute atomic E-state index is 14.9. The predicted octanol–water partition coefficient (Wildman–Crippen LogP) is 5.51. The topological polar surface area (TPSA) is 71.7 Å². The van der Waals surface area contributed by atoms with Crippen LogP contribution in [0.1, 0.15) is 36.2 Å². The number of hydrogen-bond acceptors (Lipinski definition) is 3. The fraction of sp³-hybridized carbons (Fsp3) is 0.318. The Hall–Kier alpha value is -3.07. The van der Waals surface area contributed by atoms with Crippen LogP contribution in [-0.4, -0.2) is 40.9 Å². The number of aromatic nitrogens is 1. The van der Waals surface area contributed by atoms with E-state index in [0.717, 1.165) is 12.1 Å². The Labute approximate surface area is 175 Å². The summed E-state index contributed by atoms with van der Waals surface area (Å²) in [4.78, 5) is 11.9. The van der Waals surface area contributed by atoms with Crippen molar-refractivity contribution in [2.75, 3.05) is 13.7 Å². The third-order valence-electron chi connectivity index (χ3n) is 5.08. The minimum absolute atomic E-state index is 0.0239. The van der Waals surface area contributed by atoms with Crippen molar-refractivity contribution in [3.63, 3.8) is 0 Å². The van der Waals surface area contributed by atoms with E-state index < -0.39 is 35.7 Å². The van der Waals surface area contributed by atoms with E-state index in [1.807, 2.05) is 0 Å². The first kappa shape index (κ1) is 22.6. The lowest BCUT2D eigenvalue weighted by Crippen LogP contribution is -2.30. The van der Waals surface area contributed by atoms with Gasteiger partial charge in [-0.05, 0) is 17.7 Å². The number of methoxy groups -OCH3 is 1. The van der Waals surface area contributed by atoms with Gasteiger partial charge in [0.05, 0.1) is 17.7 Å². The summed E-state index contributed by atoms with van der Waals surface area (Å²) in [6.07, 6.45) is -6.33. The van der Waals surface area contributed by atoms with E-state index in [9.17, 15) is 32.6 Å². The maximum Gasteiger partial charge on any atom is 0.336 e. The Morgan fingerprint density at radius 2 is 1.84 bits per heavy atom. The highest BCUT2D eigenvalue weighted by Crippen LogP contribution is 2.48. The lowest BCUT2D eigenvalue weighted by atomic mass is 9.83. The number of phenols is 1. The van der Waals surface area contributed by atoms with Gasteiger partial charge in [-0.2, -0.15) is 0 Å². The molecular weight excluding hydrogens is 418 g/mol. The van der Waals surface area contributed by atoms with Crippen LogP contribution in [0.15, 0.2) is 36.4 Å². The van der Waals surface area contributed by atoms with Crippen molar-refractivity contribution < 1.29 is 37.3 Å². The van der Waals surface area contributed by atoms with Crippen LogP contribution in [0.5, 0.6) is 5.75 Å². The van der Waals surface area contributed by atoms with Crippen LogP contribution in [0.2, 0.25) is 0 Å². The van der Waals surface area contributed by atoms with Crippen molar-refractivity contribution in [2.24, 2.45) is 0 Å². The predicted molar refractivity (Wildman–Crippen MR) is 107 cm³/mol. The van der Waals surface area contributed by atoms with E-state index in [4.69, 9.17) is 4.74 Å². The number of alkyl halides is 3. The molecule has 1 aromatic heterocycles. The van der Waals surface area contributed by atoms with Gasteiger partial charge in [-0.3, -0.25) is 0 Å². The van der Waals surface area contributed by atoms with Crippen molar-refractivity contribution in [3.05, 3.63) is 53.5 Å². The second kappa shape index (κ2) is 8.22. The highest BCUT2D eigenvalue weighted by Gasteiger charge is 2.38. The van der Waals surface area contributed by atoms with Crippen LogP contribution < -0.4 is 0 Å². The number of fused-ring (bicyclic) bond motifs is 1. The van der Waals surface area contributed by atoms with E-state index in [1.165, 1.54) is 31.4 Å². The molecule has 1 atom stereocenters. The number of carboxylic acid groups (broad SMARTS) is 1. The number of nitrogens with zero attached hydrogens (tertiary/aromatic N) is 1. The number of carbonyl (C=O) groups is 1. The molecule has 0 aliphatic heterocycles. The zero-order valence-electron chi connectivity index (χ0n) is 17.0. The molecule has 0 fully saturated rings. The van der Waals surface area contributed by atoms with Crippen molar-refractivity contribution in [1.82, 2.24) is 4.57 Å². The molecule has 0 bridgehead atoms. The van der Waals surface area contributed by atoms with E-state index in [2.05, 4.69) is 0 Å². The summed E-state index contributed by atoms with van der Waals surface area (Å²) in [6, 6.07) is 7.33. The number of aromatic carboxylic acids is 1. The smallest absolute Gasteiger partial charge is 0.336 e. The SMILES string of the molecule is COCC(C)(C)c1c(-c2ccccc2C(=O)O)c2c(O)cc(F)cc2n1C(F)C(F)F. The number of hydrogen-bond donors (Lipinski definition) is 2. The Balaban J connectivity index is 2.62. The Kier molecular flexibility index (Phi) is 6.00. The average molecular weight is 439 g/mol. The van der Waals surface area contributed by atoms with Crippen LogP contribution in [-0.2, 0) is 10.2 Å². The van der Waals surface area contributed by atoms with Crippen LogP contribution in [0.4, 0.5) is 17.6 Å². The molecule has 0 radical (unpaired) electrons. The third kappa shape index (κ3) is 3.85.